The van der Waals surface area contributed by atoms with Crippen molar-refractivity contribution in [3.8, 4) is 0 Å². The van der Waals surface area contributed by atoms with Crippen molar-refractivity contribution < 1.29 is 27.4 Å². The van der Waals surface area contributed by atoms with Crippen molar-refractivity contribution in [2.24, 2.45) is 46.3 Å². The van der Waals surface area contributed by atoms with E-state index in [0.717, 1.165) is 57.8 Å². The molecule has 0 saturated heterocycles. The monoisotopic (exact) mass is 488 g/mol. The van der Waals surface area contributed by atoms with Gasteiger partial charge in [0.25, 0.3) is 0 Å². The summed E-state index contributed by atoms with van der Waals surface area (Å²) in [5, 5.41) is 22.1. The van der Waals surface area contributed by atoms with Gasteiger partial charge in [0.15, 0.2) is 0 Å². The molecule has 3 N–H and O–H groups in total. The zero-order valence-corrected chi connectivity index (χ0v) is 22.2. The van der Waals surface area contributed by atoms with Crippen LogP contribution in [0.25, 0.3) is 0 Å². The number of fused-ring (bicyclic) bond motifs is 5. The average Bonchev–Trinajstić information content (AvgIpc) is 3.10. The zero-order chi connectivity index (χ0) is 24.6. The van der Waals surface area contributed by atoms with Crippen LogP contribution in [0.5, 0.6) is 0 Å². The second kappa shape index (κ2) is 10.4. The van der Waals surface area contributed by atoms with E-state index in [1.807, 2.05) is 13.8 Å². The third kappa shape index (κ3) is 5.04. The minimum atomic E-state index is -4.36. The highest BCUT2D eigenvalue weighted by atomic mass is 32.3. The van der Waals surface area contributed by atoms with Gasteiger partial charge in [0.2, 0.25) is 0 Å². The molecule has 10 atom stereocenters. The summed E-state index contributed by atoms with van der Waals surface area (Å²) in [6.07, 6.45) is 9.36. The van der Waals surface area contributed by atoms with Crippen LogP contribution in [0, 0.1) is 46.3 Å². The summed E-state index contributed by atoms with van der Waals surface area (Å²) in [7, 11) is -4.36. The molecule has 0 aliphatic heterocycles. The topological polar surface area (TPSA) is 104 Å². The standard InChI is InChI=1S/C24H42O6S.C2H6/c1-4-17-20-14-16(25)9-11-24(20,3)19-10-12-23(2)15(6-5-13-30-31(27,28)29)7-8-18(23)21(19)22(17)26;1-2/h15-22,25-26H,4-14H2,1-3H3,(H,27,28,29);1-2H3/t15?,16-,17-,18?,19?,20?,21?,22-,23?,24?;/m1./s1. The van der Waals surface area contributed by atoms with E-state index in [2.05, 4.69) is 25.0 Å². The van der Waals surface area contributed by atoms with E-state index in [-0.39, 0.29) is 35.6 Å². The molecule has 0 aromatic heterocycles. The van der Waals surface area contributed by atoms with Crippen LogP contribution >= 0.6 is 0 Å². The molecule has 0 spiro atoms. The molecular weight excluding hydrogens is 440 g/mol. The van der Waals surface area contributed by atoms with Crippen molar-refractivity contribution in [1.29, 1.82) is 0 Å². The average molecular weight is 489 g/mol. The highest BCUT2D eigenvalue weighted by Gasteiger charge is 2.64. The van der Waals surface area contributed by atoms with Crippen molar-refractivity contribution in [3.63, 3.8) is 0 Å². The Kier molecular flexibility index (Phi) is 8.64. The predicted octanol–water partition coefficient (Wildman–Crippen LogP) is 5.24. The van der Waals surface area contributed by atoms with Crippen molar-refractivity contribution in [1.82, 2.24) is 0 Å². The van der Waals surface area contributed by atoms with Crippen LogP contribution in [0.3, 0.4) is 0 Å². The van der Waals surface area contributed by atoms with Crippen LogP contribution in [0.1, 0.15) is 98.8 Å². The first-order valence-corrected chi connectivity index (χ1v) is 14.9. The highest BCUT2D eigenvalue weighted by molar-refractivity contribution is 7.80. The Hall–Kier alpha value is -0.210. The van der Waals surface area contributed by atoms with Gasteiger partial charge in [-0.15, -0.1) is 0 Å². The van der Waals surface area contributed by atoms with E-state index in [4.69, 9.17) is 4.55 Å². The Morgan fingerprint density at radius 1 is 0.939 bits per heavy atom. The molecule has 0 heterocycles. The molecule has 0 bridgehead atoms. The lowest BCUT2D eigenvalue weighted by Crippen LogP contribution is -2.62. The molecule has 4 rings (SSSR count). The summed E-state index contributed by atoms with van der Waals surface area (Å²) in [4.78, 5) is 0. The molecule has 33 heavy (non-hydrogen) atoms. The number of hydrogen-bond acceptors (Lipinski definition) is 5. The molecule has 4 saturated carbocycles. The van der Waals surface area contributed by atoms with Crippen LogP contribution < -0.4 is 0 Å². The Balaban J connectivity index is 0.00000149. The third-order valence-corrected chi connectivity index (χ3v) is 11.0. The molecule has 0 aromatic rings. The highest BCUT2D eigenvalue weighted by Crippen LogP contribution is 2.69. The van der Waals surface area contributed by atoms with E-state index in [1.54, 1.807) is 0 Å². The van der Waals surface area contributed by atoms with Gasteiger partial charge in [-0.25, -0.2) is 4.18 Å². The fourth-order valence-electron chi connectivity index (χ4n) is 9.03. The summed E-state index contributed by atoms with van der Waals surface area (Å²) >= 11 is 0. The normalized spacial score (nSPS) is 47.0. The number of hydrogen-bond donors (Lipinski definition) is 3. The van der Waals surface area contributed by atoms with Gasteiger partial charge in [0, 0.05) is 0 Å². The lowest BCUT2D eigenvalue weighted by Gasteiger charge is -2.64. The van der Waals surface area contributed by atoms with Gasteiger partial charge in [-0.05, 0) is 104 Å². The fourth-order valence-corrected chi connectivity index (χ4v) is 9.36. The first-order valence-electron chi connectivity index (χ1n) is 13.5. The smallest absolute Gasteiger partial charge is 0.393 e. The number of aliphatic hydroxyl groups is 2. The minimum Gasteiger partial charge on any atom is -0.393 e. The van der Waals surface area contributed by atoms with Crippen LogP contribution in [-0.4, -0.2) is 42.0 Å². The Morgan fingerprint density at radius 2 is 1.58 bits per heavy atom. The first-order chi connectivity index (χ1) is 15.5. The van der Waals surface area contributed by atoms with Gasteiger partial charge in [0.05, 0.1) is 18.8 Å². The fraction of sp³-hybridized carbons (Fsp3) is 1.00. The molecule has 0 radical (unpaired) electrons. The molecule has 194 valence electrons. The van der Waals surface area contributed by atoms with Crippen molar-refractivity contribution >= 4 is 10.4 Å². The zero-order valence-electron chi connectivity index (χ0n) is 21.4. The molecule has 6 nitrogen and oxygen atoms in total. The van der Waals surface area contributed by atoms with E-state index in [0.29, 0.717) is 36.0 Å². The summed E-state index contributed by atoms with van der Waals surface area (Å²) in [5.41, 5.74) is 0.391. The second-order valence-electron chi connectivity index (χ2n) is 11.6. The Morgan fingerprint density at radius 3 is 2.21 bits per heavy atom. The van der Waals surface area contributed by atoms with Crippen LogP contribution in [0.2, 0.25) is 0 Å². The maximum atomic E-state index is 11.7. The largest absolute Gasteiger partial charge is 0.397 e. The maximum Gasteiger partial charge on any atom is 0.397 e. The van der Waals surface area contributed by atoms with Crippen LogP contribution in [0.4, 0.5) is 0 Å². The molecule has 4 aliphatic rings. The van der Waals surface area contributed by atoms with Gasteiger partial charge >= 0.3 is 10.4 Å². The quantitative estimate of drug-likeness (QED) is 0.349. The summed E-state index contributed by atoms with van der Waals surface area (Å²) < 4.78 is 35.0. The van der Waals surface area contributed by atoms with Crippen molar-refractivity contribution in [2.45, 2.75) is 111 Å². The third-order valence-electron chi connectivity index (χ3n) is 10.5. The second-order valence-corrected chi connectivity index (χ2v) is 12.7. The minimum absolute atomic E-state index is 0.0325. The lowest BCUT2D eigenvalue weighted by atomic mass is 9.41. The lowest BCUT2D eigenvalue weighted by molar-refractivity contribution is -0.202. The molecule has 4 aliphatic carbocycles. The Labute approximate surface area is 201 Å². The van der Waals surface area contributed by atoms with Gasteiger partial charge in [-0.2, -0.15) is 8.42 Å². The molecule has 7 heteroatoms. The van der Waals surface area contributed by atoms with Gasteiger partial charge < -0.3 is 10.2 Å². The number of aliphatic hydroxyl groups excluding tert-OH is 2. The predicted molar refractivity (Wildman–Crippen MR) is 130 cm³/mol. The summed E-state index contributed by atoms with van der Waals surface area (Å²) in [6.45, 7) is 11.1. The van der Waals surface area contributed by atoms with E-state index in [9.17, 15) is 18.6 Å². The molecule has 4 fully saturated rings. The molecule has 7 unspecified atom stereocenters. The van der Waals surface area contributed by atoms with Gasteiger partial charge in [0.1, 0.15) is 0 Å². The van der Waals surface area contributed by atoms with E-state index in [1.165, 1.54) is 0 Å². The molecule has 0 aromatic carbocycles. The molecule has 0 amide bonds. The van der Waals surface area contributed by atoms with Crippen molar-refractivity contribution in [3.05, 3.63) is 0 Å². The van der Waals surface area contributed by atoms with Crippen LogP contribution in [-0.2, 0) is 14.6 Å². The SMILES string of the molecule is CC.CC[C@@H]1C2C[C@H](O)CCC2(C)C2CCC3(C)C(CCCOS(=O)(=O)O)CCC3C2[C@@H]1O. The number of rotatable bonds is 6. The van der Waals surface area contributed by atoms with Crippen LogP contribution in [0.15, 0.2) is 0 Å². The van der Waals surface area contributed by atoms with E-state index < -0.39 is 10.4 Å². The first kappa shape index (κ1) is 27.4. The Bertz CT molecular complexity index is 756. The molecular formula is C26H48O6S. The maximum absolute atomic E-state index is 11.7. The summed E-state index contributed by atoms with van der Waals surface area (Å²) in [5.74, 6) is 2.56. The van der Waals surface area contributed by atoms with Gasteiger partial charge in [-0.3, -0.25) is 4.55 Å². The van der Waals surface area contributed by atoms with Gasteiger partial charge in [-0.1, -0.05) is 41.0 Å². The van der Waals surface area contributed by atoms with E-state index >= 15 is 0 Å². The van der Waals surface area contributed by atoms with Crippen molar-refractivity contribution in [2.75, 3.05) is 6.61 Å². The summed E-state index contributed by atoms with van der Waals surface area (Å²) in [6, 6.07) is 0.